The van der Waals surface area contributed by atoms with Crippen LogP contribution in [0.4, 0.5) is 0 Å². The third kappa shape index (κ3) is 1.77. The van der Waals surface area contributed by atoms with Crippen LogP contribution in [0.25, 0.3) is 0 Å². The molecule has 70 valence electrons. The number of hydrazine groups is 1. The molecule has 0 amide bonds. The summed E-state index contributed by atoms with van der Waals surface area (Å²) in [5.41, 5.74) is 5.64. The molecule has 3 N–H and O–H groups in total. The molecule has 1 aliphatic carbocycles. The van der Waals surface area contributed by atoms with Crippen molar-refractivity contribution in [3.05, 3.63) is 33.8 Å². The van der Waals surface area contributed by atoms with Gasteiger partial charge in [0.1, 0.15) is 0 Å². The van der Waals surface area contributed by atoms with Crippen LogP contribution in [0.5, 0.6) is 0 Å². The van der Waals surface area contributed by atoms with E-state index in [1.807, 2.05) is 0 Å². The fourth-order valence-corrected chi connectivity index (χ4v) is 2.32. The number of nitrogens with one attached hydrogen (secondary N) is 1. The summed E-state index contributed by atoms with van der Waals surface area (Å²) in [6.45, 7) is 0. The summed E-state index contributed by atoms with van der Waals surface area (Å²) >= 11 is 3.48. The smallest absolute Gasteiger partial charge is 0.0463 e. The summed E-state index contributed by atoms with van der Waals surface area (Å²) in [5, 5.41) is 0. The normalized spacial score (nSPS) is 21.2. The van der Waals surface area contributed by atoms with Crippen LogP contribution in [0.15, 0.2) is 22.7 Å². The molecular formula is C10H13BrN2. The van der Waals surface area contributed by atoms with E-state index in [-0.39, 0.29) is 0 Å². The molecule has 1 aliphatic rings. The number of halogens is 1. The first-order valence-electron chi connectivity index (χ1n) is 4.55. The monoisotopic (exact) mass is 240 g/mol. The van der Waals surface area contributed by atoms with E-state index in [4.69, 9.17) is 5.84 Å². The SMILES string of the molecule is NNC1CCCc2ccc(Br)cc21. The van der Waals surface area contributed by atoms with Crippen molar-refractivity contribution in [2.24, 2.45) is 5.84 Å². The van der Waals surface area contributed by atoms with Crippen LogP contribution in [0.1, 0.15) is 30.0 Å². The highest BCUT2D eigenvalue weighted by Crippen LogP contribution is 2.30. The first-order chi connectivity index (χ1) is 6.31. The Hall–Kier alpha value is -0.380. The van der Waals surface area contributed by atoms with Crippen molar-refractivity contribution >= 4 is 15.9 Å². The van der Waals surface area contributed by atoms with Crippen molar-refractivity contribution < 1.29 is 0 Å². The molecule has 0 aliphatic heterocycles. The summed E-state index contributed by atoms with van der Waals surface area (Å²) in [6.07, 6.45) is 3.55. The highest BCUT2D eigenvalue weighted by molar-refractivity contribution is 9.10. The van der Waals surface area contributed by atoms with Gasteiger partial charge in [-0.3, -0.25) is 11.3 Å². The summed E-state index contributed by atoms with van der Waals surface area (Å²) in [7, 11) is 0. The van der Waals surface area contributed by atoms with Crippen molar-refractivity contribution in [1.82, 2.24) is 5.43 Å². The Balaban J connectivity index is 2.41. The fraction of sp³-hybridized carbons (Fsp3) is 0.400. The van der Waals surface area contributed by atoms with Gasteiger partial charge in [-0.1, -0.05) is 22.0 Å². The topological polar surface area (TPSA) is 38.0 Å². The second-order valence-corrected chi connectivity index (χ2v) is 4.37. The number of benzene rings is 1. The molecule has 1 unspecified atom stereocenters. The Bertz CT molecular complexity index is 312. The molecule has 0 radical (unpaired) electrons. The predicted octanol–water partition coefficient (Wildman–Crippen LogP) is 2.29. The van der Waals surface area contributed by atoms with Crippen molar-refractivity contribution in [1.29, 1.82) is 0 Å². The van der Waals surface area contributed by atoms with Crippen LogP contribution >= 0.6 is 15.9 Å². The molecule has 0 saturated carbocycles. The Morgan fingerprint density at radius 1 is 1.46 bits per heavy atom. The average molecular weight is 241 g/mol. The third-order valence-corrected chi connectivity index (χ3v) is 3.12. The lowest BCUT2D eigenvalue weighted by atomic mass is 9.88. The van der Waals surface area contributed by atoms with Crippen LogP contribution in [-0.4, -0.2) is 0 Å². The van der Waals surface area contributed by atoms with E-state index in [0.29, 0.717) is 6.04 Å². The molecule has 0 bridgehead atoms. The van der Waals surface area contributed by atoms with Crippen molar-refractivity contribution in [3.63, 3.8) is 0 Å². The first-order valence-corrected chi connectivity index (χ1v) is 5.35. The Morgan fingerprint density at radius 2 is 2.31 bits per heavy atom. The zero-order chi connectivity index (χ0) is 9.26. The number of nitrogens with two attached hydrogens (primary N) is 1. The zero-order valence-corrected chi connectivity index (χ0v) is 8.97. The molecule has 1 atom stereocenters. The number of hydrogen-bond acceptors (Lipinski definition) is 2. The standard InChI is InChI=1S/C10H13BrN2/c11-8-5-4-7-2-1-3-10(13-12)9(7)6-8/h4-6,10,13H,1-3,12H2. The van der Waals surface area contributed by atoms with Gasteiger partial charge in [-0.15, -0.1) is 0 Å². The van der Waals surface area contributed by atoms with Gasteiger partial charge in [0.05, 0.1) is 0 Å². The summed E-state index contributed by atoms with van der Waals surface area (Å²) in [6, 6.07) is 6.78. The second kappa shape index (κ2) is 3.78. The molecule has 2 nitrogen and oxygen atoms in total. The Labute approximate surface area is 86.6 Å². The van der Waals surface area contributed by atoms with E-state index in [2.05, 4.69) is 39.6 Å². The fourth-order valence-electron chi connectivity index (χ4n) is 1.94. The molecule has 1 aromatic rings. The highest BCUT2D eigenvalue weighted by atomic mass is 79.9. The molecular weight excluding hydrogens is 228 g/mol. The van der Waals surface area contributed by atoms with E-state index >= 15 is 0 Å². The molecule has 0 saturated heterocycles. The molecule has 2 rings (SSSR count). The number of rotatable bonds is 1. The zero-order valence-electron chi connectivity index (χ0n) is 7.39. The maximum Gasteiger partial charge on any atom is 0.0463 e. The van der Waals surface area contributed by atoms with Crippen LogP contribution < -0.4 is 11.3 Å². The van der Waals surface area contributed by atoms with E-state index in [1.54, 1.807) is 0 Å². The van der Waals surface area contributed by atoms with Crippen molar-refractivity contribution in [2.45, 2.75) is 25.3 Å². The minimum Gasteiger partial charge on any atom is -0.271 e. The first kappa shape index (κ1) is 9.19. The van der Waals surface area contributed by atoms with Crippen LogP contribution in [-0.2, 0) is 6.42 Å². The summed E-state index contributed by atoms with van der Waals surface area (Å²) in [4.78, 5) is 0. The van der Waals surface area contributed by atoms with E-state index in [9.17, 15) is 0 Å². The minimum atomic E-state index is 0.334. The van der Waals surface area contributed by atoms with Gasteiger partial charge in [0.25, 0.3) is 0 Å². The summed E-state index contributed by atoms with van der Waals surface area (Å²) < 4.78 is 1.13. The van der Waals surface area contributed by atoms with Gasteiger partial charge in [-0.25, -0.2) is 0 Å². The Kier molecular flexibility index (Phi) is 2.67. The third-order valence-electron chi connectivity index (χ3n) is 2.62. The molecule has 3 heteroatoms. The number of fused-ring (bicyclic) bond motifs is 1. The lowest BCUT2D eigenvalue weighted by Crippen LogP contribution is -2.30. The van der Waals surface area contributed by atoms with Gasteiger partial charge >= 0.3 is 0 Å². The lowest BCUT2D eigenvalue weighted by Gasteiger charge is -2.24. The van der Waals surface area contributed by atoms with Crippen LogP contribution in [0.3, 0.4) is 0 Å². The predicted molar refractivity (Wildman–Crippen MR) is 57.1 cm³/mol. The molecule has 0 aromatic heterocycles. The Morgan fingerprint density at radius 3 is 3.08 bits per heavy atom. The van der Waals surface area contributed by atoms with E-state index in [0.717, 1.165) is 10.9 Å². The van der Waals surface area contributed by atoms with Gasteiger partial charge in [0.2, 0.25) is 0 Å². The summed E-state index contributed by atoms with van der Waals surface area (Å²) in [5.74, 6) is 5.50. The number of aryl methyl sites for hydroxylation is 1. The molecule has 13 heavy (non-hydrogen) atoms. The lowest BCUT2D eigenvalue weighted by molar-refractivity contribution is 0.471. The number of hydrogen-bond donors (Lipinski definition) is 2. The quantitative estimate of drug-likeness (QED) is 0.584. The largest absolute Gasteiger partial charge is 0.271 e. The molecule has 0 heterocycles. The van der Waals surface area contributed by atoms with Crippen molar-refractivity contribution in [3.8, 4) is 0 Å². The molecule has 0 fully saturated rings. The molecule has 1 aromatic carbocycles. The van der Waals surface area contributed by atoms with Crippen LogP contribution in [0, 0.1) is 0 Å². The second-order valence-electron chi connectivity index (χ2n) is 3.45. The molecule has 0 spiro atoms. The van der Waals surface area contributed by atoms with Crippen LogP contribution in [0.2, 0.25) is 0 Å². The average Bonchev–Trinajstić information content (AvgIpc) is 2.17. The van der Waals surface area contributed by atoms with Gasteiger partial charge in [0, 0.05) is 10.5 Å². The van der Waals surface area contributed by atoms with Crippen molar-refractivity contribution in [2.75, 3.05) is 0 Å². The highest BCUT2D eigenvalue weighted by Gasteiger charge is 2.18. The van der Waals surface area contributed by atoms with Gasteiger partial charge < -0.3 is 0 Å². The van der Waals surface area contributed by atoms with Gasteiger partial charge in [-0.2, -0.15) is 0 Å². The van der Waals surface area contributed by atoms with E-state index < -0.39 is 0 Å². The maximum atomic E-state index is 5.50. The van der Waals surface area contributed by atoms with E-state index in [1.165, 1.54) is 24.0 Å². The van der Waals surface area contributed by atoms with Gasteiger partial charge in [0.15, 0.2) is 0 Å². The minimum absolute atomic E-state index is 0.334. The maximum absolute atomic E-state index is 5.50. The van der Waals surface area contributed by atoms with Gasteiger partial charge in [-0.05, 0) is 42.5 Å².